The van der Waals surface area contributed by atoms with Crippen LogP contribution in [0.3, 0.4) is 0 Å². The van der Waals surface area contributed by atoms with Crippen molar-refractivity contribution in [1.29, 1.82) is 0 Å². The normalized spacial score (nSPS) is 11.1. The van der Waals surface area contributed by atoms with Crippen LogP contribution in [0.2, 0.25) is 0 Å². The molecule has 0 saturated heterocycles. The number of hydrogen-bond donors (Lipinski definition) is 1. The molecule has 1 amide bonds. The van der Waals surface area contributed by atoms with Gasteiger partial charge in [0.2, 0.25) is 5.91 Å². The van der Waals surface area contributed by atoms with Crippen molar-refractivity contribution in [2.45, 2.75) is 26.4 Å². The second-order valence-corrected chi connectivity index (χ2v) is 8.89. The van der Waals surface area contributed by atoms with E-state index in [1.807, 2.05) is 62.4 Å². The third-order valence-electron chi connectivity index (χ3n) is 5.67. The molecule has 0 aliphatic heterocycles. The average Bonchev–Trinajstić information content (AvgIpc) is 3.13. The Bertz CT molecular complexity index is 1290. The topological polar surface area (TPSA) is 82.5 Å². The standard InChI is InChI=1S/C25H25N3O4S/c1-15-16(2)33-24-22(15)25(30)28(14-26-24)13-21(29)27-23(17-5-9-19(31-3)10-6-17)18-7-11-20(32-4)12-8-18/h5-12,14,23H,13H2,1-4H3,(H,27,29). The monoisotopic (exact) mass is 463 g/mol. The minimum Gasteiger partial charge on any atom is -0.497 e. The number of amides is 1. The Labute approximate surface area is 195 Å². The minimum absolute atomic E-state index is 0.126. The van der Waals surface area contributed by atoms with E-state index < -0.39 is 6.04 Å². The molecule has 7 nitrogen and oxygen atoms in total. The molecule has 0 bridgehead atoms. The average molecular weight is 464 g/mol. The fourth-order valence-electron chi connectivity index (χ4n) is 3.70. The van der Waals surface area contributed by atoms with E-state index in [4.69, 9.17) is 9.47 Å². The second-order valence-electron chi connectivity index (χ2n) is 7.69. The summed E-state index contributed by atoms with van der Waals surface area (Å²) >= 11 is 1.49. The number of aromatic nitrogens is 2. The predicted molar refractivity (Wildman–Crippen MR) is 129 cm³/mol. The van der Waals surface area contributed by atoms with E-state index >= 15 is 0 Å². The highest BCUT2D eigenvalue weighted by molar-refractivity contribution is 7.18. The van der Waals surface area contributed by atoms with Crippen LogP contribution in [0.25, 0.3) is 10.2 Å². The Hall–Kier alpha value is -3.65. The molecular weight excluding hydrogens is 438 g/mol. The molecule has 0 aliphatic rings. The molecule has 0 saturated carbocycles. The number of fused-ring (bicyclic) bond motifs is 1. The molecule has 0 fully saturated rings. The van der Waals surface area contributed by atoms with E-state index in [0.29, 0.717) is 10.2 Å². The van der Waals surface area contributed by atoms with Crippen molar-refractivity contribution in [1.82, 2.24) is 14.9 Å². The van der Waals surface area contributed by atoms with Gasteiger partial charge in [-0.1, -0.05) is 24.3 Å². The Morgan fingerprint density at radius 2 is 1.55 bits per heavy atom. The summed E-state index contributed by atoms with van der Waals surface area (Å²) in [6, 6.07) is 14.6. The first kappa shape index (κ1) is 22.5. The van der Waals surface area contributed by atoms with Crippen molar-refractivity contribution in [3.63, 3.8) is 0 Å². The van der Waals surface area contributed by atoms with Crippen molar-refractivity contribution in [3.05, 3.63) is 86.8 Å². The zero-order valence-corrected chi connectivity index (χ0v) is 19.7. The molecule has 2 aromatic carbocycles. The Morgan fingerprint density at radius 1 is 1.00 bits per heavy atom. The van der Waals surface area contributed by atoms with Crippen LogP contribution in [0.5, 0.6) is 11.5 Å². The number of thiophene rings is 1. The number of ether oxygens (including phenoxy) is 2. The maximum atomic E-state index is 13.0. The number of benzene rings is 2. The predicted octanol–water partition coefficient (Wildman–Crippen LogP) is 4.00. The summed E-state index contributed by atoms with van der Waals surface area (Å²) in [4.78, 5) is 32.2. The first-order valence-corrected chi connectivity index (χ1v) is 11.2. The van der Waals surface area contributed by atoms with Crippen LogP contribution >= 0.6 is 11.3 Å². The molecule has 0 atom stereocenters. The van der Waals surface area contributed by atoms with E-state index in [1.165, 1.54) is 22.2 Å². The fourth-order valence-corrected chi connectivity index (χ4v) is 4.68. The highest BCUT2D eigenvalue weighted by Crippen LogP contribution is 2.27. The van der Waals surface area contributed by atoms with E-state index in [1.54, 1.807) is 14.2 Å². The first-order valence-electron chi connectivity index (χ1n) is 10.4. The van der Waals surface area contributed by atoms with E-state index in [2.05, 4.69) is 10.3 Å². The van der Waals surface area contributed by atoms with Gasteiger partial charge in [0.05, 0.1) is 32.0 Å². The van der Waals surface area contributed by atoms with Gasteiger partial charge >= 0.3 is 0 Å². The summed E-state index contributed by atoms with van der Waals surface area (Å²) in [5.74, 6) is 1.16. The van der Waals surface area contributed by atoms with Crippen molar-refractivity contribution in [3.8, 4) is 11.5 Å². The van der Waals surface area contributed by atoms with Gasteiger partial charge in [-0.05, 0) is 54.8 Å². The zero-order chi connectivity index (χ0) is 23.5. The summed E-state index contributed by atoms with van der Waals surface area (Å²) in [6.07, 6.45) is 1.44. The fraction of sp³-hybridized carbons (Fsp3) is 0.240. The number of carbonyl (C=O) groups is 1. The maximum absolute atomic E-state index is 13.0. The lowest BCUT2D eigenvalue weighted by molar-refractivity contribution is -0.122. The molecule has 33 heavy (non-hydrogen) atoms. The Balaban J connectivity index is 1.63. The lowest BCUT2D eigenvalue weighted by Gasteiger charge is -2.21. The number of hydrogen-bond acceptors (Lipinski definition) is 6. The van der Waals surface area contributed by atoms with Crippen molar-refractivity contribution < 1.29 is 14.3 Å². The zero-order valence-electron chi connectivity index (χ0n) is 18.9. The summed E-state index contributed by atoms with van der Waals surface area (Å²) in [7, 11) is 3.22. The van der Waals surface area contributed by atoms with Crippen LogP contribution in [-0.4, -0.2) is 29.7 Å². The number of carbonyl (C=O) groups excluding carboxylic acids is 1. The molecular formula is C25H25N3O4S. The molecule has 0 radical (unpaired) electrons. The van der Waals surface area contributed by atoms with Crippen molar-refractivity contribution >= 4 is 27.5 Å². The smallest absolute Gasteiger partial charge is 0.262 e. The van der Waals surface area contributed by atoms with Gasteiger partial charge in [0, 0.05) is 4.88 Å². The van der Waals surface area contributed by atoms with Gasteiger partial charge in [-0.15, -0.1) is 11.3 Å². The highest BCUT2D eigenvalue weighted by atomic mass is 32.1. The van der Waals surface area contributed by atoms with Gasteiger partial charge in [0.15, 0.2) is 0 Å². The van der Waals surface area contributed by atoms with Gasteiger partial charge in [0.1, 0.15) is 22.9 Å². The maximum Gasteiger partial charge on any atom is 0.262 e. The molecule has 8 heteroatoms. The van der Waals surface area contributed by atoms with E-state index in [9.17, 15) is 9.59 Å². The van der Waals surface area contributed by atoms with Crippen LogP contribution in [0.4, 0.5) is 0 Å². The van der Waals surface area contributed by atoms with Crippen molar-refractivity contribution in [2.24, 2.45) is 0 Å². The summed E-state index contributed by atoms with van der Waals surface area (Å²) in [6.45, 7) is 3.75. The van der Waals surface area contributed by atoms with Gasteiger partial charge in [-0.3, -0.25) is 14.2 Å². The second kappa shape index (κ2) is 9.46. The highest BCUT2D eigenvalue weighted by Gasteiger charge is 2.19. The van der Waals surface area contributed by atoms with Gasteiger partial charge in [-0.2, -0.15) is 0 Å². The van der Waals surface area contributed by atoms with E-state index in [-0.39, 0.29) is 18.0 Å². The van der Waals surface area contributed by atoms with Crippen LogP contribution in [0.1, 0.15) is 27.6 Å². The number of methoxy groups -OCH3 is 2. The van der Waals surface area contributed by atoms with Crippen LogP contribution in [0, 0.1) is 13.8 Å². The van der Waals surface area contributed by atoms with Crippen LogP contribution in [0.15, 0.2) is 59.7 Å². The summed E-state index contributed by atoms with van der Waals surface area (Å²) in [5, 5.41) is 3.64. The molecule has 0 aliphatic carbocycles. The number of aryl methyl sites for hydroxylation is 2. The Kier molecular flexibility index (Phi) is 6.46. The molecule has 0 unspecified atom stereocenters. The lowest BCUT2D eigenvalue weighted by Crippen LogP contribution is -2.35. The quantitative estimate of drug-likeness (QED) is 0.448. The molecule has 0 spiro atoms. The van der Waals surface area contributed by atoms with E-state index in [0.717, 1.165) is 33.1 Å². The Morgan fingerprint density at radius 3 is 2.06 bits per heavy atom. The molecule has 4 aromatic rings. The third kappa shape index (κ3) is 4.61. The van der Waals surface area contributed by atoms with Gasteiger partial charge in [-0.25, -0.2) is 4.98 Å². The summed E-state index contributed by atoms with van der Waals surface area (Å²) in [5.41, 5.74) is 2.48. The first-order chi connectivity index (χ1) is 15.9. The third-order valence-corrected chi connectivity index (χ3v) is 6.79. The van der Waals surface area contributed by atoms with Crippen LogP contribution < -0.4 is 20.3 Å². The molecule has 4 rings (SSSR count). The molecule has 170 valence electrons. The number of rotatable bonds is 7. The largest absolute Gasteiger partial charge is 0.497 e. The summed E-state index contributed by atoms with van der Waals surface area (Å²) < 4.78 is 11.9. The SMILES string of the molecule is COc1ccc(C(NC(=O)Cn2cnc3sc(C)c(C)c3c2=O)c2ccc(OC)cc2)cc1. The van der Waals surface area contributed by atoms with Gasteiger partial charge in [0.25, 0.3) is 5.56 Å². The number of nitrogens with zero attached hydrogens (tertiary/aromatic N) is 2. The number of nitrogens with one attached hydrogen (secondary N) is 1. The van der Waals surface area contributed by atoms with Crippen molar-refractivity contribution in [2.75, 3.05) is 14.2 Å². The lowest BCUT2D eigenvalue weighted by atomic mass is 9.98. The van der Waals surface area contributed by atoms with Crippen LogP contribution in [-0.2, 0) is 11.3 Å². The molecule has 1 N–H and O–H groups in total. The minimum atomic E-state index is -0.410. The molecule has 2 heterocycles. The molecule has 2 aromatic heterocycles. The van der Waals surface area contributed by atoms with Gasteiger partial charge < -0.3 is 14.8 Å².